The third kappa shape index (κ3) is 3.30. The van der Waals surface area contributed by atoms with Crippen LogP contribution in [0.25, 0.3) is 0 Å². The molecule has 2 rings (SSSR count). The summed E-state index contributed by atoms with van der Waals surface area (Å²) in [6.45, 7) is 25.3. The summed E-state index contributed by atoms with van der Waals surface area (Å²) in [5.74, 6) is 0. The Balaban J connectivity index is 2.60. The molecule has 2 fully saturated rings. The summed E-state index contributed by atoms with van der Waals surface area (Å²) in [7, 11) is -3.83. The van der Waals surface area contributed by atoms with E-state index in [4.69, 9.17) is 18.1 Å². The van der Waals surface area contributed by atoms with Gasteiger partial charge in [-0.3, -0.25) is 0 Å². The fourth-order valence-electron chi connectivity index (χ4n) is 3.62. The molecule has 0 radical (unpaired) electrons. The quantitative estimate of drug-likeness (QED) is 0.606. The molecular weight excluding hydrogens is 337 g/mol. The van der Waals surface area contributed by atoms with Crippen LogP contribution in [0.4, 0.5) is 0 Å². The number of hydrogen-bond acceptors (Lipinski definition) is 5. The van der Waals surface area contributed by atoms with Gasteiger partial charge >= 0.3 is 154 Å². The van der Waals surface area contributed by atoms with E-state index in [1.165, 1.54) is 0 Å². The fourth-order valence-corrected chi connectivity index (χ4v) is 9.67. The van der Waals surface area contributed by atoms with Crippen molar-refractivity contribution < 1.29 is 18.1 Å². The molecule has 2 aliphatic rings. The molecule has 0 aliphatic carbocycles. The van der Waals surface area contributed by atoms with Gasteiger partial charge in [0.15, 0.2) is 0 Å². The van der Waals surface area contributed by atoms with Crippen LogP contribution in [0.5, 0.6) is 0 Å². The van der Waals surface area contributed by atoms with E-state index < -0.39 is 29.9 Å². The molecule has 25 heavy (non-hydrogen) atoms. The van der Waals surface area contributed by atoms with Gasteiger partial charge in [0.05, 0.1) is 0 Å². The Morgan fingerprint density at radius 3 is 1.04 bits per heavy atom. The monoisotopic (exact) mass is 377 g/mol. The first kappa shape index (κ1) is 21.5. The van der Waals surface area contributed by atoms with Crippen molar-refractivity contribution in [1.29, 1.82) is 0 Å². The first-order valence-corrected chi connectivity index (χ1v) is 11.6. The summed E-state index contributed by atoms with van der Waals surface area (Å²) in [5.41, 5.74) is -2.05. The molecule has 5 nitrogen and oxygen atoms in total. The van der Waals surface area contributed by atoms with E-state index in [0.717, 1.165) is 0 Å². The topological polar surface area (TPSA) is 40.2 Å². The second-order valence-electron chi connectivity index (χ2n) is 10.2. The molecule has 150 valence electrons. The van der Waals surface area contributed by atoms with Crippen molar-refractivity contribution in [1.82, 2.24) is 4.90 Å². The maximum absolute atomic E-state index is 6.72. The van der Waals surface area contributed by atoms with E-state index >= 15 is 0 Å². The second kappa shape index (κ2) is 5.62. The van der Waals surface area contributed by atoms with Crippen LogP contribution in [-0.2, 0) is 18.1 Å². The summed E-state index contributed by atoms with van der Waals surface area (Å²) in [4.78, 5) is 2.35. The van der Waals surface area contributed by atoms with Crippen molar-refractivity contribution in [2.75, 3.05) is 6.29 Å². The Labute approximate surface area is 155 Å². The molecule has 0 amide bonds. The number of nitrogens with zero attached hydrogens (tertiary/aromatic N) is 1. The molecule has 2 heterocycles. The Hall–Kier alpha value is 0.230. The van der Waals surface area contributed by atoms with E-state index in [-0.39, 0.29) is 0 Å². The molecule has 0 atom stereocenters. The fraction of sp³-hybridized carbons (Fsp3) is 1.00. The number of hydrogen-bond donors (Lipinski definition) is 0. The van der Waals surface area contributed by atoms with Crippen molar-refractivity contribution in [2.45, 2.75) is 118 Å². The van der Waals surface area contributed by atoms with E-state index in [2.05, 4.69) is 88.0 Å². The molecule has 0 aromatic heterocycles. The zero-order chi connectivity index (χ0) is 19.7. The van der Waals surface area contributed by atoms with Crippen molar-refractivity contribution in [3.8, 4) is 0 Å². The van der Waals surface area contributed by atoms with Gasteiger partial charge < -0.3 is 0 Å². The maximum atomic E-state index is 6.72. The van der Waals surface area contributed by atoms with E-state index in [1.807, 2.05) is 0 Å². The normalized spacial score (nSPS) is 32.4. The minimum absolute atomic E-state index is 0.328. The van der Waals surface area contributed by atoms with Crippen molar-refractivity contribution in [3.05, 3.63) is 0 Å². The van der Waals surface area contributed by atoms with Gasteiger partial charge in [0, 0.05) is 0 Å². The van der Waals surface area contributed by atoms with Crippen molar-refractivity contribution in [3.63, 3.8) is 0 Å². The minimum atomic E-state index is -3.83. The third-order valence-electron chi connectivity index (χ3n) is 6.24. The molecule has 0 aromatic carbocycles. The molecule has 0 aromatic rings. The van der Waals surface area contributed by atoms with Gasteiger partial charge in [-0.1, -0.05) is 0 Å². The van der Waals surface area contributed by atoms with Gasteiger partial charge in [0.2, 0.25) is 0 Å². The predicted octanol–water partition coefficient (Wildman–Crippen LogP) is 5.48. The van der Waals surface area contributed by atoms with E-state index in [1.54, 1.807) is 0 Å². The summed E-state index contributed by atoms with van der Waals surface area (Å²) >= 11 is 0. The van der Waals surface area contributed by atoms with E-state index in [0.29, 0.717) is 18.4 Å². The first-order chi connectivity index (χ1) is 10.9. The van der Waals surface area contributed by atoms with Crippen LogP contribution >= 0.6 is 7.51 Å². The summed E-state index contributed by atoms with van der Waals surface area (Å²) in [5, 5.41) is 0. The van der Waals surface area contributed by atoms with Gasteiger partial charge in [-0.2, -0.15) is 0 Å². The van der Waals surface area contributed by atoms with E-state index in [9.17, 15) is 0 Å². The van der Waals surface area contributed by atoms with Crippen LogP contribution in [-0.4, -0.2) is 45.7 Å². The first-order valence-electron chi connectivity index (χ1n) is 9.51. The molecule has 2 aliphatic heterocycles. The molecule has 6 heteroatoms. The predicted molar refractivity (Wildman–Crippen MR) is 105 cm³/mol. The van der Waals surface area contributed by atoms with Crippen LogP contribution in [0.1, 0.15) is 83.1 Å². The van der Waals surface area contributed by atoms with Gasteiger partial charge in [-0.05, 0) is 0 Å². The standard InChI is InChI=1S/C19H40NO4P/c1-14(2)20(15(3)4)13-25(21-16(5,6)17(7,8)22-25)23-18(9,10)19(11,12)24-25/h14-15H,13H2,1-12H3. The zero-order valence-electron chi connectivity index (χ0n) is 18.4. The molecular formula is C19H40NO4P. The summed E-state index contributed by atoms with van der Waals surface area (Å²) in [6, 6.07) is 0.657. The van der Waals surface area contributed by atoms with Crippen molar-refractivity contribution >= 4 is 7.51 Å². The number of rotatable bonds is 4. The van der Waals surface area contributed by atoms with Crippen molar-refractivity contribution in [2.24, 2.45) is 0 Å². The third-order valence-corrected chi connectivity index (χ3v) is 10.3. The molecule has 1 spiro atoms. The van der Waals surface area contributed by atoms with Crippen LogP contribution < -0.4 is 0 Å². The average Bonchev–Trinajstić information content (AvgIpc) is 2.56. The Morgan fingerprint density at radius 2 is 0.840 bits per heavy atom. The molecule has 0 unspecified atom stereocenters. The zero-order valence-corrected chi connectivity index (χ0v) is 19.3. The second-order valence-corrected chi connectivity index (χ2v) is 13.2. The molecule has 0 bridgehead atoms. The van der Waals surface area contributed by atoms with Crippen LogP contribution in [0.3, 0.4) is 0 Å². The molecule has 0 saturated carbocycles. The Bertz CT molecular complexity index is 456. The van der Waals surface area contributed by atoms with Gasteiger partial charge in [-0.25, -0.2) is 0 Å². The van der Waals surface area contributed by atoms with Crippen LogP contribution in [0.15, 0.2) is 0 Å². The molecule has 2 saturated heterocycles. The SMILES string of the molecule is CC(C)N(CP12(OC(C)(C)C(C)(C)O1)OC(C)(C)C(C)(C)O2)C(C)C. The Kier molecular flexibility index (Phi) is 4.84. The van der Waals surface area contributed by atoms with Crippen LogP contribution in [0, 0.1) is 0 Å². The van der Waals surface area contributed by atoms with Gasteiger partial charge in [0.25, 0.3) is 0 Å². The summed E-state index contributed by atoms with van der Waals surface area (Å²) < 4.78 is 26.9. The summed E-state index contributed by atoms with van der Waals surface area (Å²) in [6.07, 6.45) is 0.515. The van der Waals surface area contributed by atoms with Crippen LogP contribution in [0.2, 0.25) is 0 Å². The van der Waals surface area contributed by atoms with Gasteiger partial charge in [0.1, 0.15) is 0 Å². The molecule has 0 N–H and O–H groups in total. The van der Waals surface area contributed by atoms with Gasteiger partial charge in [-0.15, -0.1) is 0 Å². The Morgan fingerprint density at radius 1 is 0.600 bits per heavy atom. The average molecular weight is 378 g/mol.